The Kier molecular flexibility index (Phi) is 5.98. The molecule has 0 spiro atoms. The molecule has 0 amide bonds. The monoisotopic (exact) mass is 316 g/mol. The van der Waals surface area contributed by atoms with Gasteiger partial charge in [-0.2, -0.15) is 0 Å². The molecule has 0 bridgehead atoms. The first kappa shape index (κ1) is 17.7. The zero-order valence-electron chi connectivity index (χ0n) is 13.0. The van der Waals surface area contributed by atoms with Gasteiger partial charge in [-0.25, -0.2) is 17.9 Å². The highest BCUT2D eigenvalue weighted by atomic mass is 32.2. The average Bonchev–Trinajstić information content (AvgIpc) is 2.81. The minimum atomic E-state index is -3.70. The van der Waals surface area contributed by atoms with Crippen LogP contribution in [-0.2, 0) is 16.6 Å². The average molecular weight is 316 g/mol. The second-order valence-electron chi connectivity index (χ2n) is 5.44. The summed E-state index contributed by atoms with van der Waals surface area (Å²) >= 11 is 0. The van der Waals surface area contributed by atoms with Crippen molar-refractivity contribution < 1.29 is 18.3 Å². The van der Waals surface area contributed by atoms with Gasteiger partial charge in [0.05, 0.1) is 0 Å². The van der Waals surface area contributed by atoms with Crippen LogP contribution in [0.5, 0.6) is 0 Å². The van der Waals surface area contributed by atoms with E-state index >= 15 is 0 Å². The van der Waals surface area contributed by atoms with Gasteiger partial charge < -0.3 is 9.67 Å². The van der Waals surface area contributed by atoms with Crippen LogP contribution in [-0.4, -0.2) is 30.1 Å². The van der Waals surface area contributed by atoms with Crippen LogP contribution >= 0.6 is 0 Å². The molecule has 0 aliphatic carbocycles. The number of carbonyl (C=O) groups is 1. The van der Waals surface area contributed by atoms with E-state index in [9.17, 15) is 13.2 Å². The zero-order chi connectivity index (χ0) is 16.2. The molecule has 0 saturated carbocycles. The molecule has 1 aromatic rings. The fourth-order valence-corrected chi connectivity index (χ4v) is 3.70. The molecule has 120 valence electrons. The Balaban J connectivity index is 3.14. The molecule has 0 radical (unpaired) electrons. The fourth-order valence-electron chi connectivity index (χ4n) is 2.19. The molecule has 1 aromatic heterocycles. The molecule has 1 unspecified atom stereocenters. The van der Waals surface area contributed by atoms with Crippen LogP contribution in [0, 0.1) is 5.92 Å². The van der Waals surface area contributed by atoms with Gasteiger partial charge in [0.1, 0.15) is 10.6 Å². The van der Waals surface area contributed by atoms with Crippen molar-refractivity contribution in [2.24, 2.45) is 5.92 Å². The third-order valence-electron chi connectivity index (χ3n) is 3.42. The van der Waals surface area contributed by atoms with Crippen molar-refractivity contribution in [3.05, 3.63) is 18.0 Å². The number of nitrogens with zero attached hydrogens (tertiary/aromatic N) is 1. The number of carboxylic acids is 1. The fraction of sp³-hybridized carbons (Fsp3) is 0.643. The first-order valence-corrected chi connectivity index (χ1v) is 8.67. The Morgan fingerprint density at radius 2 is 2.00 bits per heavy atom. The molecule has 0 aliphatic heterocycles. The van der Waals surface area contributed by atoms with Gasteiger partial charge in [0.2, 0.25) is 10.0 Å². The largest absolute Gasteiger partial charge is 0.477 e. The lowest BCUT2D eigenvalue weighted by Crippen LogP contribution is -2.37. The van der Waals surface area contributed by atoms with E-state index in [-0.39, 0.29) is 22.5 Å². The van der Waals surface area contributed by atoms with E-state index in [0.717, 1.165) is 6.42 Å². The minimum absolute atomic E-state index is 0.00480. The molecule has 6 nitrogen and oxygen atoms in total. The number of carboxylic acid groups (broad SMARTS) is 1. The normalized spacial score (nSPS) is 13.6. The summed E-state index contributed by atoms with van der Waals surface area (Å²) in [4.78, 5) is 11.2. The minimum Gasteiger partial charge on any atom is -0.477 e. The van der Waals surface area contributed by atoms with Crippen molar-refractivity contribution in [3.8, 4) is 0 Å². The van der Waals surface area contributed by atoms with E-state index in [1.54, 1.807) is 0 Å². The van der Waals surface area contributed by atoms with E-state index in [2.05, 4.69) is 4.72 Å². The summed E-state index contributed by atoms with van der Waals surface area (Å²) in [5, 5.41) is 9.15. The molecule has 1 rings (SSSR count). The van der Waals surface area contributed by atoms with Crippen LogP contribution in [0.3, 0.4) is 0 Å². The van der Waals surface area contributed by atoms with Crippen molar-refractivity contribution in [3.63, 3.8) is 0 Å². The quantitative estimate of drug-likeness (QED) is 0.770. The van der Waals surface area contributed by atoms with Crippen molar-refractivity contribution in [2.45, 2.75) is 58.0 Å². The number of nitrogens with one attached hydrogen (secondary N) is 1. The standard InChI is InChI=1S/C14H24N2O4S/c1-5-7-16-9-11(8-13(16)14(17)18)21(19,20)15-12(6-2)10(3)4/h8-10,12,15H,5-7H2,1-4H3,(H,17,18). The van der Waals surface area contributed by atoms with E-state index < -0.39 is 16.0 Å². The van der Waals surface area contributed by atoms with Crippen molar-refractivity contribution >= 4 is 16.0 Å². The van der Waals surface area contributed by atoms with Gasteiger partial charge in [-0.3, -0.25) is 0 Å². The summed E-state index contributed by atoms with van der Waals surface area (Å²) in [6.45, 7) is 8.18. The number of hydrogen-bond donors (Lipinski definition) is 2. The van der Waals surface area contributed by atoms with Crippen molar-refractivity contribution in [1.29, 1.82) is 0 Å². The lowest BCUT2D eigenvalue weighted by molar-refractivity contribution is 0.0685. The third-order valence-corrected chi connectivity index (χ3v) is 4.87. The summed E-state index contributed by atoms with van der Waals surface area (Å²) < 4.78 is 28.9. The molecule has 0 saturated heterocycles. The number of aromatic carboxylic acids is 1. The Hall–Kier alpha value is -1.34. The van der Waals surface area contributed by atoms with Crippen LogP contribution in [0.15, 0.2) is 17.2 Å². The third kappa shape index (κ3) is 4.31. The van der Waals surface area contributed by atoms with E-state index in [1.807, 2.05) is 27.7 Å². The number of aromatic nitrogens is 1. The van der Waals surface area contributed by atoms with Crippen LogP contribution in [0.1, 0.15) is 51.0 Å². The molecule has 1 atom stereocenters. The first-order valence-electron chi connectivity index (χ1n) is 7.18. The number of hydrogen-bond acceptors (Lipinski definition) is 3. The molecule has 21 heavy (non-hydrogen) atoms. The number of aryl methyl sites for hydroxylation is 1. The molecule has 2 N–H and O–H groups in total. The second-order valence-corrected chi connectivity index (χ2v) is 7.15. The zero-order valence-corrected chi connectivity index (χ0v) is 13.8. The highest BCUT2D eigenvalue weighted by Crippen LogP contribution is 2.17. The van der Waals surface area contributed by atoms with Crippen molar-refractivity contribution in [2.75, 3.05) is 0 Å². The van der Waals surface area contributed by atoms with E-state index in [0.29, 0.717) is 13.0 Å². The van der Waals surface area contributed by atoms with Crippen molar-refractivity contribution in [1.82, 2.24) is 9.29 Å². The van der Waals surface area contributed by atoms with E-state index in [4.69, 9.17) is 5.11 Å². The van der Waals surface area contributed by atoms with Gasteiger partial charge in [0, 0.05) is 18.8 Å². The first-order chi connectivity index (χ1) is 9.72. The maximum absolute atomic E-state index is 12.4. The molecule has 0 aromatic carbocycles. The van der Waals surface area contributed by atoms with Gasteiger partial charge >= 0.3 is 5.97 Å². The second kappa shape index (κ2) is 7.09. The predicted molar refractivity (Wildman–Crippen MR) is 80.9 cm³/mol. The molecular weight excluding hydrogens is 292 g/mol. The molecular formula is C14H24N2O4S. The number of sulfonamides is 1. The van der Waals surface area contributed by atoms with Gasteiger partial charge in [-0.05, 0) is 24.8 Å². The van der Waals surface area contributed by atoms with Crippen LogP contribution in [0.4, 0.5) is 0 Å². The van der Waals surface area contributed by atoms with Gasteiger partial charge in [0.25, 0.3) is 0 Å². The summed E-state index contributed by atoms with van der Waals surface area (Å²) in [6.07, 6.45) is 2.80. The molecule has 0 aliphatic rings. The highest BCUT2D eigenvalue weighted by molar-refractivity contribution is 7.89. The summed E-state index contributed by atoms with van der Waals surface area (Å²) in [5.41, 5.74) is -0.00480. The van der Waals surface area contributed by atoms with Crippen LogP contribution in [0.2, 0.25) is 0 Å². The predicted octanol–water partition coefficient (Wildman–Crippen LogP) is 2.31. The smallest absolute Gasteiger partial charge is 0.352 e. The Labute approximate surface area is 126 Å². The van der Waals surface area contributed by atoms with Gasteiger partial charge in [0.15, 0.2) is 0 Å². The summed E-state index contributed by atoms with van der Waals surface area (Å²) in [6, 6.07) is 1.05. The molecule has 1 heterocycles. The maximum atomic E-state index is 12.4. The van der Waals surface area contributed by atoms with Gasteiger partial charge in [-0.15, -0.1) is 0 Å². The SMILES string of the molecule is CCCn1cc(S(=O)(=O)NC(CC)C(C)C)cc1C(=O)O. The Bertz CT molecular complexity index is 590. The summed E-state index contributed by atoms with van der Waals surface area (Å²) in [5.74, 6) is -0.956. The lowest BCUT2D eigenvalue weighted by atomic mass is 10.0. The maximum Gasteiger partial charge on any atom is 0.352 e. The van der Waals surface area contributed by atoms with Crippen LogP contribution < -0.4 is 4.72 Å². The summed E-state index contributed by atoms with van der Waals surface area (Å²) in [7, 11) is -3.70. The molecule has 7 heteroatoms. The number of rotatable bonds is 8. The lowest BCUT2D eigenvalue weighted by Gasteiger charge is -2.20. The van der Waals surface area contributed by atoms with E-state index in [1.165, 1.54) is 16.8 Å². The molecule has 0 fully saturated rings. The van der Waals surface area contributed by atoms with Gasteiger partial charge in [-0.1, -0.05) is 27.7 Å². The highest BCUT2D eigenvalue weighted by Gasteiger charge is 2.24. The topological polar surface area (TPSA) is 88.4 Å². The Morgan fingerprint density at radius 1 is 1.38 bits per heavy atom. The Morgan fingerprint density at radius 3 is 2.43 bits per heavy atom. The van der Waals surface area contributed by atoms with Crippen LogP contribution in [0.25, 0.3) is 0 Å².